The normalized spacial score (nSPS) is 11.0. The van der Waals surface area contributed by atoms with Crippen LogP contribution in [0.5, 0.6) is 0 Å². The van der Waals surface area contributed by atoms with Gasteiger partial charge in [0.1, 0.15) is 4.34 Å². The molecule has 0 unspecified atom stereocenters. The van der Waals surface area contributed by atoms with Crippen molar-refractivity contribution >= 4 is 35.0 Å². The molecule has 0 saturated carbocycles. The lowest BCUT2D eigenvalue weighted by Gasteiger charge is -2.20. The molecule has 94 valence electrons. The van der Waals surface area contributed by atoms with Gasteiger partial charge in [-0.05, 0) is 20.8 Å². The van der Waals surface area contributed by atoms with Crippen LogP contribution in [0.25, 0.3) is 0 Å². The Hall–Kier alpha value is -1.08. The van der Waals surface area contributed by atoms with Crippen LogP contribution in [0.15, 0.2) is 15.9 Å². The number of urea groups is 1. The van der Waals surface area contributed by atoms with Gasteiger partial charge in [-0.25, -0.2) is 9.78 Å². The van der Waals surface area contributed by atoms with E-state index in [1.807, 2.05) is 26.2 Å². The molecule has 0 radical (unpaired) electrons. The first-order valence-corrected chi connectivity index (χ1v) is 6.87. The third kappa shape index (κ3) is 6.28. The van der Waals surface area contributed by atoms with Crippen molar-refractivity contribution in [3.05, 3.63) is 11.6 Å². The maximum absolute atomic E-state index is 11.4. The number of nitrogens with one attached hydrogen (secondary N) is 2. The van der Waals surface area contributed by atoms with Crippen LogP contribution < -0.4 is 10.6 Å². The molecule has 0 bridgehead atoms. The zero-order chi connectivity index (χ0) is 12.9. The number of hydrogen-bond donors (Lipinski definition) is 2. The lowest BCUT2D eigenvalue weighted by Crippen LogP contribution is -2.48. The number of hydrogen-bond acceptors (Lipinski definition) is 5. The van der Waals surface area contributed by atoms with E-state index in [-0.39, 0.29) is 17.2 Å². The molecule has 2 N–H and O–H groups in total. The molecule has 1 aromatic rings. The lowest BCUT2D eigenvalue weighted by molar-refractivity contribution is -0.117. The van der Waals surface area contributed by atoms with E-state index >= 15 is 0 Å². The summed E-state index contributed by atoms with van der Waals surface area (Å²) in [5.74, 6) is -0.141. The first-order valence-electron chi connectivity index (χ1n) is 5.01. The molecule has 0 spiro atoms. The number of rotatable bonds is 3. The van der Waals surface area contributed by atoms with Crippen LogP contribution in [0.1, 0.15) is 20.8 Å². The van der Waals surface area contributed by atoms with Gasteiger partial charge < -0.3 is 5.32 Å². The molecule has 1 rings (SSSR count). The zero-order valence-corrected chi connectivity index (χ0v) is 11.6. The van der Waals surface area contributed by atoms with Crippen molar-refractivity contribution in [1.29, 1.82) is 0 Å². The molecule has 0 aliphatic carbocycles. The number of thioether (sulfide) groups is 1. The molecule has 0 saturated heterocycles. The summed E-state index contributed by atoms with van der Waals surface area (Å²) in [5.41, 5.74) is -0.354. The van der Waals surface area contributed by atoms with Crippen molar-refractivity contribution in [2.45, 2.75) is 30.6 Å². The van der Waals surface area contributed by atoms with E-state index in [0.29, 0.717) is 0 Å². The van der Waals surface area contributed by atoms with Crippen LogP contribution in [-0.2, 0) is 4.79 Å². The standard InChI is InChI=1S/C10H15N3O2S2/c1-10(2,3)13-8(15)12-7(14)6-17-9-11-4-5-16-9/h4-5H,6H2,1-3H3,(H2,12,13,14,15). The average molecular weight is 273 g/mol. The van der Waals surface area contributed by atoms with E-state index in [4.69, 9.17) is 0 Å². The highest BCUT2D eigenvalue weighted by Crippen LogP contribution is 2.19. The predicted molar refractivity (Wildman–Crippen MR) is 69.3 cm³/mol. The number of aromatic nitrogens is 1. The van der Waals surface area contributed by atoms with Crippen molar-refractivity contribution in [2.24, 2.45) is 0 Å². The minimum atomic E-state index is -0.470. The van der Waals surface area contributed by atoms with Crippen molar-refractivity contribution in [3.63, 3.8) is 0 Å². The second kappa shape index (κ2) is 6.02. The number of imide groups is 1. The van der Waals surface area contributed by atoms with Crippen molar-refractivity contribution in [1.82, 2.24) is 15.6 Å². The number of nitrogens with zero attached hydrogens (tertiary/aromatic N) is 1. The Balaban J connectivity index is 2.27. The highest BCUT2D eigenvalue weighted by molar-refractivity contribution is 8.01. The van der Waals surface area contributed by atoms with E-state index in [1.165, 1.54) is 23.1 Å². The summed E-state index contributed by atoms with van der Waals surface area (Å²) in [5, 5.41) is 6.76. The van der Waals surface area contributed by atoms with Crippen LogP contribution in [0.2, 0.25) is 0 Å². The molecule has 3 amide bonds. The fourth-order valence-electron chi connectivity index (χ4n) is 0.943. The summed E-state index contributed by atoms with van der Waals surface area (Å²) >= 11 is 2.78. The van der Waals surface area contributed by atoms with Crippen molar-refractivity contribution in [3.8, 4) is 0 Å². The van der Waals surface area contributed by atoms with Gasteiger partial charge in [-0.15, -0.1) is 11.3 Å². The Morgan fingerprint density at radius 1 is 1.47 bits per heavy atom. The summed E-state index contributed by atoms with van der Waals surface area (Å²) < 4.78 is 0.816. The van der Waals surface area contributed by atoms with Gasteiger partial charge in [0, 0.05) is 17.1 Å². The highest BCUT2D eigenvalue weighted by atomic mass is 32.2. The lowest BCUT2D eigenvalue weighted by atomic mass is 10.1. The van der Waals surface area contributed by atoms with Crippen LogP contribution in [0.3, 0.4) is 0 Å². The Kier molecular flexibility index (Phi) is 4.95. The third-order valence-corrected chi connectivity index (χ3v) is 3.44. The molecule has 1 heterocycles. The topological polar surface area (TPSA) is 71.1 Å². The Morgan fingerprint density at radius 2 is 2.18 bits per heavy atom. The monoisotopic (exact) mass is 273 g/mol. The van der Waals surface area contributed by atoms with E-state index in [1.54, 1.807) is 6.20 Å². The molecular formula is C10H15N3O2S2. The van der Waals surface area contributed by atoms with Gasteiger partial charge in [-0.2, -0.15) is 0 Å². The number of amides is 3. The zero-order valence-electron chi connectivity index (χ0n) is 9.94. The van der Waals surface area contributed by atoms with Gasteiger partial charge in [-0.3, -0.25) is 10.1 Å². The minimum Gasteiger partial charge on any atom is -0.333 e. The van der Waals surface area contributed by atoms with Crippen LogP contribution >= 0.6 is 23.1 Å². The fraction of sp³-hybridized carbons (Fsp3) is 0.500. The summed E-state index contributed by atoms with van der Waals surface area (Å²) in [6, 6.07) is -0.470. The fourth-order valence-corrected chi connectivity index (χ4v) is 2.38. The molecule has 0 aliphatic rings. The molecule has 0 fully saturated rings. The second-order valence-electron chi connectivity index (χ2n) is 4.34. The van der Waals surface area contributed by atoms with Crippen LogP contribution in [0.4, 0.5) is 4.79 Å². The van der Waals surface area contributed by atoms with Crippen LogP contribution in [-0.4, -0.2) is 28.2 Å². The maximum Gasteiger partial charge on any atom is 0.321 e. The van der Waals surface area contributed by atoms with Crippen molar-refractivity contribution in [2.75, 3.05) is 5.75 Å². The summed E-state index contributed by atoms with van der Waals surface area (Å²) in [6.45, 7) is 5.55. The third-order valence-electron chi connectivity index (χ3n) is 1.48. The Bertz CT molecular complexity index is 385. The Labute approximate surface area is 108 Å². The van der Waals surface area contributed by atoms with E-state index < -0.39 is 6.03 Å². The van der Waals surface area contributed by atoms with Gasteiger partial charge in [0.15, 0.2) is 0 Å². The Morgan fingerprint density at radius 3 is 2.71 bits per heavy atom. The van der Waals surface area contributed by atoms with E-state index in [9.17, 15) is 9.59 Å². The van der Waals surface area contributed by atoms with E-state index in [2.05, 4.69) is 15.6 Å². The second-order valence-corrected chi connectivity index (χ2v) is 6.46. The number of carbonyl (C=O) groups excluding carboxylic acids is 2. The first-order chi connectivity index (χ1) is 7.87. The molecule has 1 aromatic heterocycles. The maximum atomic E-state index is 11.4. The molecule has 0 aromatic carbocycles. The van der Waals surface area contributed by atoms with Crippen molar-refractivity contribution < 1.29 is 9.59 Å². The predicted octanol–water partition coefficient (Wildman–Crippen LogP) is 1.86. The molecule has 7 heteroatoms. The SMILES string of the molecule is CC(C)(C)NC(=O)NC(=O)CSc1nccs1. The summed E-state index contributed by atoms with van der Waals surface area (Å²) in [7, 11) is 0. The minimum absolute atomic E-state index is 0.186. The smallest absolute Gasteiger partial charge is 0.321 e. The van der Waals surface area contributed by atoms with Gasteiger partial charge >= 0.3 is 6.03 Å². The number of thiazole rings is 1. The van der Waals surface area contributed by atoms with Gasteiger partial charge in [0.2, 0.25) is 5.91 Å². The molecule has 0 atom stereocenters. The van der Waals surface area contributed by atoms with Gasteiger partial charge in [0.05, 0.1) is 5.75 Å². The van der Waals surface area contributed by atoms with Crippen LogP contribution in [0, 0.1) is 0 Å². The van der Waals surface area contributed by atoms with Gasteiger partial charge in [-0.1, -0.05) is 11.8 Å². The summed E-state index contributed by atoms with van der Waals surface area (Å²) in [4.78, 5) is 26.8. The highest BCUT2D eigenvalue weighted by Gasteiger charge is 2.15. The quantitative estimate of drug-likeness (QED) is 0.825. The first kappa shape index (κ1) is 14.0. The molecule has 17 heavy (non-hydrogen) atoms. The number of carbonyl (C=O) groups is 2. The molecule has 5 nitrogen and oxygen atoms in total. The molecular weight excluding hydrogens is 258 g/mol. The largest absolute Gasteiger partial charge is 0.333 e. The summed E-state index contributed by atoms with van der Waals surface area (Å²) in [6.07, 6.45) is 1.68. The van der Waals surface area contributed by atoms with Gasteiger partial charge in [0.25, 0.3) is 0 Å². The average Bonchev–Trinajstić information content (AvgIpc) is 2.63. The molecule has 0 aliphatic heterocycles. The van der Waals surface area contributed by atoms with E-state index in [0.717, 1.165) is 4.34 Å².